The van der Waals surface area contributed by atoms with E-state index in [-0.39, 0.29) is 16.0 Å². The summed E-state index contributed by atoms with van der Waals surface area (Å²) < 4.78 is 0. The SMILES string of the molecule is CN(Cc1ccccc1[N+](=O)[O-])CC1(C)CCNC1. The van der Waals surface area contributed by atoms with E-state index in [1.807, 2.05) is 19.2 Å². The molecule has 1 aromatic carbocycles. The van der Waals surface area contributed by atoms with Crippen molar-refractivity contribution < 1.29 is 4.92 Å². The molecule has 104 valence electrons. The number of para-hydroxylation sites is 1. The van der Waals surface area contributed by atoms with Crippen molar-refractivity contribution in [3.8, 4) is 0 Å². The maximum atomic E-state index is 11.0. The van der Waals surface area contributed by atoms with Gasteiger partial charge in [0.05, 0.1) is 4.92 Å². The Kier molecular flexibility index (Phi) is 4.17. The Morgan fingerprint density at radius 3 is 2.84 bits per heavy atom. The van der Waals surface area contributed by atoms with Gasteiger partial charge in [0.1, 0.15) is 0 Å². The zero-order valence-corrected chi connectivity index (χ0v) is 11.6. The summed E-state index contributed by atoms with van der Waals surface area (Å²) in [4.78, 5) is 12.9. The van der Waals surface area contributed by atoms with E-state index < -0.39 is 0 Å². The highest BCUT2D eigenvalue weighted by Gasteiger charge is 2.30. The van der Waals surface area contributed by atoms with Crippen LogP contribution in [0.4, 0.5) is 5.69 Å². The Morgan fingerprint density at radius 1 is 1.47 bits per heavy atom. The fourth-order valence-corrected chi connectivity index (χ4v) is 2.82. The van der Waals surface area contributed by atoms with Crippen molar-refractivity contribution in [1.82, 2.24) is 10.2 Å². The van der Waals surface area contributed by atoms with Crippen molar-refractivity contribution in [3.63, 3.8) is 0 Å². The molecule has 19 heavy (non-hydrogen) atoms. The molecule has 5 heteroatoms. The van der Waals surface area contributed by atoms with E-state index in [4.69, 9.17) is 0 Å². The topological polar surface area (TPSA) is 58.4 Å². The third kappa shape index (κ3) is 3.52. The van der Waals surface area contributed by atoms with Gasteiger partial charge in [0.25, 0.3) is 5.69 Å². The molecule has 1 N–H and O–H groups in total. The van der Waals surface area contributed by atoms with Crippen LogP contribution >= 0.6 is 0 Å². The van der Waals surface area contributed by atoms with Crippen LogP contribution in [0.3, 0.4) is 0 Å². The molecule has 0 saturated carbocycles. The van der Waals surface area contributed by atoms with E-state index in [1.54, 1.807) is 12.1 Å². The van der Waals surface area contributed by atoms with Gasteiger partial charge in [0, 0.05) is 31.3 Å². The minimum absolute atomic E-state index is 0.212. The Morgan fingerprint density at radius 2 is 2.21 bits per heavy atom. The summed E-state index contributed by atoms with van der Waals surface area (Å²) >= 11 is 0. The smallest absolute Gasteiger partial charge is 0.273 e. The Labute approximate surface area is 113 Å². The molecule has 5 nitrogen and oxygen atoms in total. The number of nitrogens with zero attached hydrogens (tertiary/aromatic N) is 2. The van der Waals surface area contributed by atoms with Gasteiger partial charge in [0.15, 0.2) is 0 Å². The molecule has 1 atom stereocenters. The first-order valence-corrected chi connectivity index (χ1v) is 6.62. The average molecular weight is 263 g/mol. The molecule has 1 fully saturated rings. The van der Waals surface area contributed by atoms with Crippen molar-refractivity contribution >= 4 is 5.69 Å². The van der Waals surface area contributed by atoms with Crippen molar-refractivity contribution in [2.45, 2.75) is 19.9 Å². The van der Waals surface area contributed by atoms with Crippen LogP contribution in [-0.4, -0.2) is 36.5 Å². The monoisotopic (exact) mass is 263 g/mol. The number of hydrogen-bond acceptors (Lipinski definition) is 4. The molecular formula is C14H21N3O2. The van der Waals surface area contributed by atoms with Crippen LogP contribution in [0.2, 0.25) is 0 Å². The lowest BCUT2D eigenvalue weighted by atomic mass is 9.89. The van der Waals surface area contributed by atoms with E-state index in [0.29, 0.717) is 6.54 Å². The number of benzene rings is 1. The molecule has 0 spiro atoms. The molecule has 0 bridgehead atoms. The minimum Gasteiger partial charge on any atom is -0.316 e. The number of nitro benzene ring substituents is 1. The average Bonchev–Trinajstić information content (AvgIpc) is 2.75. The van der Waals surface area contributed by atoms with Crippen LogP contribution in [0.15, 0.2) is 24.3 Å². The van der Waals surface area contributed by atoms with Crippen LogP contribution in [0.1, 0.15) is 18.9 Å². The molecule has 0 aromatic heterocycles. The molecule has 1 aliphatic rings. The largest absolute Gasteiger partial charge is 0.316 e. The summed E-state index contributed by atoms with van der Waals surface area (Å²) in [5.74, 6) is 0. The molecule has 1 saturated heterocycles. The highest BCUT2D eigenvalue weighted by molar-refractivity contribution is 5.39. The van der Waals surface area contributed by atoms with E-state index in [0.717, 1.165) is 31.6 Å². The summed E-state index contributed by atoms with van der Waals surface area (Å²) in [6.07, 6.45) is 1.16. The normalized spacial score (nSPS) is 22.9. The first-order valence-electron chi connectivity index (χ1n) is 6.62. The number of hydrogen-bond donors (Lipinski definition) is 1. The molecule has 0 aliphatic carbocycles. The van der Waals surface area contributed by atoms with Crippen LogP contribution in [0, 0.1) is 15.5 Å². The van der Waals surface area contributed by atoms with Gasteiger partial charge in [-0.2, -0.15) is 0 Å². The lowest BCUT2D eigenvalue weighted by molar-refractivity contribution is -0.385. The zero-order valence-electron chi connectivity index (χ0n) is 11.6. The molecular weight excluding hydrogens is 242 g/mol. The quantitative estimate of drug-likeness (QED) is 0.652. The van der Waals surface area contributed by atoms with Crippen molar-refractivity contribution in [1.29, 1.82) is 0 Å². The van der Waals surface area contributed by atoms with Crippen LogP contribution in [0.5, 0.6) is 0 Å². The highest BCUT2D eigenvalue weighted by Crippen LogP contribution is 2.27. The van der Waals surface area contributed by atoms with Gasteiger partial charge >= 0.3 is 0 Å². The summed E-state index contributed by atoms with van der Waals surface area (Å²) in [7, 11) is 2.03. The van der Waals surface area contributed by atoms with E-state index >= 15 is 0 Å². The predicted molar refractivity (Wildman–Crippen MR) is 75.0 cm³/mol. The zero-order chi connectivity index (χ0) is 13.9. The van der Waals surface area contributed by atoms with Crippen molar-refractivity contribution in [2.24, 2.45) is 5.41 Å². The predicted octanol–water partition coefficient (Wildman–Crippen LogP) is 2.03. The lowest BCUT2D eigenvalue weighted by Crippen LogP contribution is -2.34. The Balaban J connectivity index is 2.02. The standard InChI is InChI=1S/C14H21N3O2/c1-14(7-8-15-10-14)11-16(2)9-12-5-3-4-6-13(12)17(18)19/h3-6,15H,7-11H2,1-2H3. The molecule has 1 unspecified atom stereocenters. The fourth-order valence-electron chi connectivity index (χ4n) is 2.82. The van der Waals surface area contributed by atoms with Gasteiger partial charge in [-0.25, -0.2) is 0 Å². The fraction of sp³-hybridized carbons (Fsp3) is 0.571. The third-order valence-electron chi connectivity index (χ3n) is 3.74. The minimum atomic E-state index is -0.304. The molecule has 0 radical (unpaired) electrons. The maximum Gasteiger partial charge on any atom is 0.273 e. The van der Waals surface area contributed by atoms with Crippen LogP contribution in [0.25, 0.3) is 0 Å². The van der Waals surface area contributed by atoms with Gasteiger partial charge in [-0.3, -0.25) is 10.1 Å². The van der Waals surface area contributed by atoms with Crippen LogP contribution < -0.4 is 5.32 Å². The van der Waals surface area contributed by atoms with Crippen LogP contribution in [-0.2, 0) is 6.54 Å². The summed E-state index contributed by atoms with van der Waals surface area (Å²) in [6, 6.07) is 6.98. The summed E-state index contributed by atoms with van der Waals surface area (Å²) in [6.45, 7) is 5.92. The molecule has 1 aliphatic heterocycles. The maximum absolute atomic E-state index is 11.0. The third-order valence-corrected chi connectivity index (χ3v) is 3.74. The molecule has 1 aromatic rings. The number of nitrogens with one attached hydrogen (secondary N) is 1. The Hall–Kier alpha value is -1.46. The van der Waals surface area contributed by atoms with Crippen molar-refractivity contribution in [2.75, 3.05) is 26.7 Å². The second-order valence-electron chi connectivity index (χ2n) is 5.80. The number of nitro groups is 1. The van der Waals surface area contributed by atoms with Crippen molar-refractivity contribution in [3.05, 3.63) is 39.9 Å². The summed E-state index contributed by atoms with van der Waals surface area (Å²) in [5, 5.41) is 14.4. The number of rotatable bonds is 5. The van der Waals surface area contributed by atoms with Gasteiger partial charge in [-0.1, -0.05) is 25.1 Å². The van der Waals surface area contributed by atoms with E-state index in [9.17, 15) is 10.1 Å². The van der Waals surface area contributed by atoms with E-state index in [1.165, 1.54) is 0 Å². The van der Waals surface area contributed by atoms with E-state index in [2.05, 4.69) is 17.1 Å². The van der Waals surface area contributed by atoms with Gasteiger partial charge in [-0.05, 0) is 25.4 Å². The van der Waals surface area contributed by atoms with Gasteiger partial charge in [-0.15, -0.1) is 0 Å². The lowest BCUT2D eigenvalue weighted by Gasteiger charge is -2.29. The second-order valence-corrected chi connectivity index (χ2v) is 5.80. The first kappa shape index (κ1) is 14.0. The first-order chi connectivity index (χ1) is 9.00. The van der Waals surface area contributed by atoms with Gasteiger partial charge < -0.3 is 10.2 Å². The molecule has 1 heterocycles. The Bertz CT molecular complexity index is 456. The summed E-state index contributed by atoms with van der Waals surface area (Å²) in [5.41, 5.74) is 1.27. The second kappa shape index (κ2) is 5.67. The molecule has 2 rings (SSSR count). The van der Waals surface area contributed by atoms with Gasteiger partial charge in [0.2, 0.25) is 0 Å². The highest BCUT2D eigenvalue weighted by atomic mass is 16.6. The molecule has 0 amide bonds.